The van der Waals surface area contributed by atoms with Crippen molar-refractivity contribution < 1.29 is 9.18 Å². The van der Waals surface area contributed by atoms with Gasteiger partial charge in [-0.2, -0.15) is 0 Å². The van der Waals surface area contributed by atoms with Crippen molar-refractivity contribution in [1.82, 2.24) is 25.5 Å². The highest BCUT2D eigenvalue weighted by molar-refractivity contribution is 7.99. The minimum absolute atomic E-state index is 0.122. The molecule has 0 saturated heterocycles. The fraction of sp³-hybridized carbons (Fsp3) is 0.500. The number of amides is 1. The predicted molar refractivity (Wildman–Crippen MR) is 89.7 cm³/mol. The summed E-state index contributed by atoms with van der Waals surface area (Å²) >= 11 is 1.46. The summed E-state index contributed by atoms with van der Waals surface area (Å²) in [7, 11) is 0. The molecule has 6 nitrogen and oxygen atoms in total. The second-order valence-corrected chi connectivity index (χ2v) is 6.82. The Kier molecular flexibility index (Phi) is 5.79. The second-order valence-electron chi connectivity index (χ2n) is 5.84. The number of rotatable bonds is 7. The van der Waals surface area contributed by atoms with Gasteiger partial charge in [-0.25, -0.2) is 9.07 Å². The molecule has 0 bridgehead atoms. The zero-order valence-corrected chi connectivity index (χ0v) is 14.1. The van der Waals surface area contributed by atoms with Crippen LogP contribution >= 0.6 is 11.8 Å². The molecule has 3 rings (SSSR count). The molecule has 0 aliphatic heterocycles. The first kappa shape index (κ1) is 16.9. The molecular weight excluding hydrogens is 329 g/mol. The lowest BCUT2D eigenvalue weighted by Gasteiger charge is -2.11. The highest BCUT2D eigenvalue weighted by atomic mass is 32.2. The van der Waals surface area contributed by atoms with E-state index in [0.29, 0.717) is 23.1 Å². The van der Waals surface area contributed by atoms with Crippen LogP contribution in [-0.4, -0.2) is 31.9 Å². The maximum atomic E-state index is 13.5. The van der Waals surface area contributed by atoms with Gasteiger partial charge in [0.2, 0.25) is 5.91 Å². The van der Waals surface area contributed by atoms with E-state index in [-0.39, 0.29) is 18.3 Å². The molecule has 0 spiro atoms. The summed E-state index contributed by atoms with van der Waals surface area (Å²) < 4.78 is 15.4. The first-order chi connectivity index (χ1) is 11.7. The van der Waals surface area contributed by atoms with Crippen LogP contribution in [0.15, 0.2) is 24.3 Å². The summed E-state index contributed by atoms with van der Waals surface area (Å²) in [6, 6.07) is 6.83. The third kappa shape index (κ3) is 4.31. The Hall–Kier alpha value is -1.96. The van der Waals surface area contributed by atoms with Crippen LogP contribution in [0, 0.1) is 5.82 Å². The predicted octanol–water partition coefficient (Wildman–Crippen LogP) is 2.48. The molecule has 1 heterocycles. The molecule has 1 aromatic carbocycles. The normalized spacial score (nSPS) is 14.9. The Morgan fingerprint density at radius 1 is 1.33 bits per heavy atom. The average molecular weight is 349 g/mol. The number of halogens is 1. The molecule has 1 saturated carbocycles. The van der Waals surface area contributed by atoms with E-state index >= 15 is 0 Å². The van der Waals surface area contributed by atoms with E-state index in [1.54, 1.807) is 18.2 Å². The number of thioether (sulfide) groups is 1. The van der Waals surface area contributed by atoms with Crippen LogP contribution in [0.3, 0.4) is 0 Å². The lowest BCUT2D eigenvalue weighted by molar-refractivity contribution is -0.118. The molecule has 1 aliphatic rings. The van der Waals surface area contributed by atoms with Gasteiger partial charge in [0.05, 0.1) is 17.5 Å². The van der Waals surface area contributed by atoms with E-state index < -0.39 is 0 Å². The number of hydrogen-bond donors (Lipinski definition) is 1. The number of nitrogens with one attached hydrogen (secondary N) is 1. The topological polar surface area (TPSA) is 72.7 Å². The molecule has 1 aromatic heterocycles. The maximum Gasteiger partial charge on any atom is 0.230 e. The highest BCUT2D eigenvalue weighted by Gasteiger charge is 2.21. The van der Waals surface area contributed by atoms with Crippen LogP contribution in [0.25, 0.3) is 0 Å². The van der Waals surface area contributed by atoms with Crippen LogP contribution < -0.4 is 5.32 Å². The molecule has 0 radical (unpaired) electrons. The van der Waals surface area contributed by atoms with Crippen LogP contribution in [-0.2, 0) is 17.1 Å². The largest absolute Gasteiger partial charge is 0.351 e. The first-order valence-corrected chi connectivity index (χ1v) is 9.24. The van der Waals surface area contributed by atoms with Crippen molar-refractivity contribution in [3.8, 4) is 0 Å². The van der Waals surface area contributed by atoms with Crippen LogP contribution in [0.1, 0.15) is 43.1 Å². The maximum absolute atomic E-state index is 13.5. The Bertz CT molecular complexity index is 687. The fourth-order valence-electron chi connectivity index (χ4n) is 2.86. The van der Waals surface area contributed by atoms with Crippen LogP contribution in [0.4, 0.5) is 4.39 Å². The number of aromatic nitrogens is 4. The Labute approximate surface area is 144 Å². The van der Waals surface area contributed by atoms with Crippen molar-refractivity contribution in [3.63, 3.8) is 0 Å². The van der Waals surface area contributed by atoms with Crippen LogP contribution in [0.2, 0.25) is 0 Å². The molecule has 1 aliphatic carbocycles. The second kappa shape index (κ2) is 8.23. The molecule has 1 N–H and O–H groups in total. The minimum atomic E-state index is -0.304. The van der Waals surface area contributed by atoms with Gasteiger partial charge < -0.3 is 5.32 Å². The van der Waals surface area contributed by atoms with Crippen molar-refractivity contribution >= 4 is 17.7 Å². The SMILES string of the molecule is O=C(CSCc1nnnn1C1CCCC1)NCc1ccccc1F. The summed E-state index contributed by atoms with van der Waals surface area (Å²) in [6.45, 7) is 0.200. The molecule has 0 atom stereocenters. The third-order valence-electron chi connectivity index (χ3n) is 4.13. The Morgan fingerprint density at radius 3 is 2.92 bits per heavy atom. The van der Waals surface area contributed by atoms with Gasteiger partial charge in [0, 0.05) is 12.1 Å². The van der Waals surface area contributed by atoms with E-state index in [9.17, 15) is 9.18 Å². The molecule has 24 heavy (non-hydrogen) atoms. The van der Waals surface area contributed by atoms with Gasteiger partial charge in [0.25, 0.3) is 0 Å². The summed E-state index contributed by atoms with van der Waals surface area (Å²) in [5, 5.41) is 14.6. The summed E-state index contributed by atoms with van der Waals surface area (Å²) in [4.78, 5) is 11.9. The van der Waals surface area contributed by atoms with E-state index in [0.717, 1.165) is 18.7 Å². The van der Waals surface area contributed by atoms with Gasteiger partial charge in [-0.1, -0.05) is 31.0 Å². The van der Waals surface area contributed by atoms with E-state index in [1.165, 1.54) is 30.7 Å². The number of carbonyl (C=O) groups excluding carboxylic acids is 1. The monoisotopic (exact) mass is 349 g/mol. The lowest BCUT2D eigenvalue weighted by atomic mass is 10.2. The lowest BCUT2D eigenvalue weighted by Crippen LogP contribution is -2.25. The number of tetrazole rings is 1. The van der Waals surface area contributed by atoms with Crippen molar-refractivity contribution in [2.24, 2.45) is 0 Å². The third-order valence-corrected chi connectivity index (χ3v) is 5.06. The van der Waals surface area contributed by atoms with Crippen molar-refractivity contribution in [2.75, 3.05) is 5.75 Å². The van der Waals surface area contributed by atoms with Crippen molar-refractivity contribution in [3.05, 3.63) is 41.5 Å². The van der Waals surface area contributed by atoms with Gasteiger partial charge in [0.15, 0.2) is 5.82 Å². The molecule has 8 heteroatoms. The van der Waals surface area contributed by atoms with E-state index in [4.69, 9.17) is 0 Å². The molecule has 128 valence electrons. The van der Waals surface area contributed by atoms with Crippen molar-refractivity contribution in [1.29, 1.82) is 0 Å². The molecule has 1 amide bonds. The van der Waals surface area contributed by atoms with Gasteiger partial charge in [0.1, 0.15) is 5.82 Å². The fourth-order valence-corrected chi connectivity index (χ4v) is 3.62. The zero-order valence-electron chi connectivity index (χ0n) is 13.3. The van der Waals surface area contributed by atoms with Gasteiger partial charge in [-0.3, -0.25) is 4.79 Å². The highest BCUT2D eigenvalue weighted by Crippen LogP contribution is 2.29. The average Bonchev–Trinajstić information content (AvgIpc) is 3.25. The standard InChI is InChI=1S/C16H20FN5OS/c17-14-8-4-1-5-12(14)9-18-16(23)11-24-10-15-19-20-21-22(15)13-6-2-3-7-13/h1,4-5,8,13H,2-3,6-7,9-11H2,(H,18,23). The number of benzene rings is 1. The molecule has 2 aromatic rings. The Morgan fingerprint density at radius 2 is 2.12 bits per heavy atom. The van der Waals surface area contributed by atoms with Gasteiger partial charge in [-0.05, 0) is 29.3 Å². The smallest absolute Gasteiger partial charge is 0.230 e. The van der Waals surface area contributed by atoms with Crippen molar-refractivity contribution in [2.45, 2.75) is 44.0 Å². The minimum Gasteiger partial charge on any atom is -0.351 e. The first-order valence-electron chi connectivity index (χ1n) is 8.08. The summed E-state index contributed by atoms with van der Waals surface area (Å²) in [6.07, 6.45) is 4.67. The number of hydrogen-bond acceptors (Lipinski definition) is 5. The van der Waals surface area contributed by atoms with Gasteiger partial charge >= 0.3 is 0 Å². The zero-order chi connectivity index (χ0) is 16.8. The van der Waals surface area contributed by atoms with E-state index in [2.05, 4.69) is 20.8 Å². The Balaban J connectivity index is 1.42. The number of nitrogens with zero attached hydrogens (tertiary/aromatic N) is 4. The molecule has 1 fully saturated rings. The van der Waals surface area contributed by atoms with Crippen LogP contribution in [0.5, 0.6) is 0 Å². The van der Waals surface area contributed by atoms with Gasteiger partial charge in [-0.15, -0.1) is 16.9 Å². The summed E-state index contributed by atoms with van der Waals surface area (Å²) in [5.41, 5.74) is 0.487. The number of carbonyl (C=O) groups is 1. The quantitative estimate of drug-likeness (QED) is 0.831. The molecule has 0 unspecified atom stereocenters. The summed E-state index contributed by atoms with van der Waals surface area (Å²) in [5.74, 6) is 1.28. The molecular formula is C16H20FN5OS. The van der Waals surface area contributed by atoms with E-state index in [1.807, 2.05) is 4.68 Å².